The van der Waals surface area contributed by atoms with Gasteiger partial charge < -0.3 is 4.90 Å². The Bertz CT molecular complexity index is 1290. The predicted molar refractivity (Wildman–Crippen MR) is 135 cm³/mol. The van der Waals surface area contributed by atoms with E-state index >= 15 is 0 Å². The van der Waals surface area contributed by atoms with Crippen molar-refractivity contribution in [3.05, 3.63) is 120 Å². The molecule has 0 saturated heterocycles. The van der Waals surface area contributed by atoms with Crippen molar-refractivity contribution in [2.45, 2.75) is 13.1 Å². The van der Waals surface area contributed by atoms with Crippen molar-refractivity contribution in [2.24, 2.45) is 0 Å². The van der Waals surface area contributed by atoms with Crippen LogP contribution in [0.15, 0.2) is 73.3 Å². The molecule has 36 heavy (non-hydrogen) atoms. The summed E-state index contributed by atoms with van der Waals surface area (Å²) in [6.45, 7) is 0.924. The summed E-state index contributed by atoms with van der Waals surface area (Å²) in [6, 6.07) is 19.4. The van der Waals surface area contributed by atoms with Gasteiger partial charge in [0.25, 0.3) is 0 Å². The zero-order valence-corrected chi connectivity index (χ0v) is 20.5. The van der Waals surface area contributed by atoms with Gasteiger partial charge in [-0.3, -0.25) is 20.2 Å². The van der Waals surface area contributed by atoms with Crippen LogP contribution in [-0.4, -0.2) is 29.8 Å². The van der Waals surface area contributed by atoms with Crippen LogP contribution in [-0.2, 0) is 13.1 Å². The molecule has 11 nitrogen and oxygen atoms in total. The molecule has 0 amide bonds. The smallest absolute Gasteiger partial charge is 0.342 e. The van der Waals surface area contributed by atoms with E-state index in [1.165, 1.54) is 6.33 Å². The van der Waals surface area contributed by atoms with Crippen molar-refractivity contribution in [3.63, 3.8) is 0 Å². The Hall–Kier alpha value is -3.93. The highest BCUT2D eigenvalue weighted by Crippen LogP contribution is 2.33. The van der Waals surface area contributed by atoms with Gasteiger partial charge in [-0.05, 0) is 11.1 Å². The lowest BCUT2D eigenvalue weighted by Crippen LogP contribution is -2.24. The van der Waals surface area contributed by atoms with Gasteiger partial charge in [-0.15, -0.1) is 0 Å². The summed E-state index contributed by atoms with van der Waals surface area (Å²) in [5.41, 5.74) is 1.29. The van der Waals surface area contributed by atoms with Gasteiger partial charge in [-0.2, -0.15) is 0 Å². The van der Waals surface area contributed by atoms with E-state index < -0.39 is 15.5 Å². The number of anilines is 1. The summed E-state index contributed by atoms with van der Waals surface area (Å²) in [7, 11) is 0. The zero-order chi connectivity index (χ0) is 26.1. The van der Waals surface area contributed by atoms with Gasteiger partial charge in [0, 0.05) is 13.1 Å². The lowest BCUT2D eigenvalue weighted by molar-refractivity contribution is -0.385. The first-order valence-corrected chi connectivity index (χ1v) is 11.2. The summed E-state index contributed by atoms with van der Waals surface area (Å²) in [5.74, 6) is 0.206. The van der Waals surface area contributed by atoms with Gasteiger partial charge in [0.05, 0.1) is 9.85 Å². The standard InChI is InChI=1S/C18H15ClN4O2.C4HCl2N3O2/c19-17-16(23(24)25)18(21-13-20-17)22(11-14-7-3-1-4-8-14)12-15-9-5-2-6-10-15;5-3-2(9(10)11)4(6)8-1-7-3/h1-10,13H,11-12H2;1H. The molecule has 14 heteroatoms. The summed E-state index contributed by atoms with van der Waals surface area (Å²) < 4.78 is 0. The molecule has 0 saturated carbocycles. The number of aromatic nitrogens is 4. The van der Waals surface area contributed by atoms with E-state index in [0.717, 1.165) is 17.5 Å². The van der Waals surface area contributed by atoms with E-state index in [9.17, 15) is 20.2 Å². The molecule has 0 radical (unpaired) electrons. The first-order valence-electron chi connectivity index (χ1n) is 10.1. The highest BCUT2D eigenvalue weighted by Gasteiger charge is 2.26. The fourth-order valence-electron chi connectivity index (χ4n) is 3.04. The molecule has 4 rings (SSSR count). The average Bonchev–Trinajstić information content (AvgIpc) is 2.85. The van der Waals surface area contributed by atoms with E-state index in [-0.39, 0.29) is 27.0 Å². The topological polar surface area (TPSA) is 141 Å². The van der Waals surface area contributed by atoms with Gasteiger partial charge in [0.1, 0.15) is 12.7 Å². The van der Waals surface area contributed by atoms with Crippen molar-refractivity contribution >= 4 is 52.0 Å². The van der Waals surface area contributed by atoms with Crippen molar-refractivity contribution in [3.8, 4) is 0 Å². The summed E-state index contributed by atoms with van der Waals surface area (Å²) >= 11 is 16.6. The summed E-state index contributed by atoms with van der Waals surface area (Å²) in [4.78, 5) is 36.9. The van der Waals surface area contributed by atoms with Crippen molar-refractivity contribution in [1.29, 1.82) is 0 Å². The number of rotatable bonds is 7. The van der Waals surface area contributed by atoms with Crippen molar-refractivity contribution in [2.75, 3.05) is 4.90 Å². The molecule has 0 fully saturated rings. The van der Waals surface area contributed by atoms with Crippen LogP contribution in [0.25, 0.3) is 0 Å². The van der Waals surface area contributed by atoms with E-state index in [2.05, 4.69) is 19.9 Å². The van der Waals surface area contributed by atoms with E-state index in [1.807, 2.05) is 65.6 Å². The lowest BCUT2D eigenvalue weighted by atomic mass is 10.1. The summed E-state index contributed by atoms with van der Waals surface area (Å²) in [5, 5.41) is 21.0. The second-order valence-electron chi connectivity index (χ2n) is 6.98. The van der Waals surface area contributed by atoms with Crippen LogP contribution in [0.4, 0.5) is 17.2 Å². The monoisotopic (exact) mass is 547 g/mol. The van der Waals surface area contributed by atoms with Gasteiger partial charge in [0.15, 0.2) is 0 Å². The summed E-state index contributed by atoms with van der Waals surface area (Å²) in [6.07, 6.45) is 2.30. The largest absolute Gasteiger partial charge is 0.348 e. The molecule has 0 aliphatic heterocycles. The molecule has 2 heterocycles. The maximum absolute atomic E-state index is 11.5. The Morgan fingerprint density at radius 3 is 1.42 bits per heavy atom. The number of hydrogen-bond donors (Lipinski definition) is 0. The Morgan fingerprint density at radius 1 is 0.639 bits per heavy atom. The molecule has 0 aliphatic carbocycles. The molecule has 0 N–H and O–H groups in total. The van der Waals surface area contributed by atoms with Crippen LogP contribution in [0, 0.1) is 20.2 Å². The van der Waals surface area contributed by atoms with Crippen LogP contribution < -0.4 is 4.90 Å². The zero-order valence-electron chi connectivity index (χ0n) is 18.2. The third-order valence-electron chi connectivity index (χ3n) is 4.59. The number of hydrogen-bond acceptors (Lipinski definition) is 9. The Kier molecular flexibility index (Phi) is 9.39. The second-order valence-corrected chi connectivity index (χ2v) is 8.06. The van der Waals surface area contributed by atoms with E-state index in [0.29, 0.717) is 13.1 Å². The van der Waals surface area contributed by atoms with Crippen LogP contribution in [0.2, 0.25) is 15.5 Å². The number of nitrogens with zero attached hydrogens (tertiary/aromatic N) is 7. The minimum Gasteiger partial charge on any atom is -0.342 e. The molecule has 0 bridgehead atoms. The molecule has 2 aromatic heterocycles. The number of benzene rings is 2. The Morgan fingerprint density at radius 2 is 1.03 bits per heavy atom. The molecule has 0 spiro atoms. The average molecular weight is 549 g/mol. The normalized spacial score (nSPS) is 10.2. The van der Waals surface area contributed by atoms with Gasteiger partial charge in [-0.25, -0.2) is 19.9 Å². The van der Waals surface area contributed by atoms with Crippen LogP contribution in [0.3, 0.4) is 0 Å². The third kappa shape index (κ3) is 7.04. The first-order chi connectivity index (χ1) is 17.3. The minimum atomic E-state index is -0.731. The second kappa shape index (κ2) is 12.7. The minimum absolute atomic E-state index is 0.166. The SMILES string of the molecule is O=[N+]([O-])c1c(Cl)ncnc1Cl.O=[N+]([O-])c1c(Cl)ncnc1N(Cc1ccccc1)Cc1ccccc1. The molecule has 0 aliphatic rings. The third-order valence-corrected chi connectivity index (χ3v) is 5.42. The van der Waals surface area contributed by atoms with E-state index in [1.54, 1.807) is 0 Å². The molecule has 184 valence electrons. The maximum atomic E-state index is 11.5. The van der Waals surface area contributed by atoms with Gasteiger partial charge in [0.2, 0.25) is 21.3 Å². The highest BCUT2D eigenvalue weighted by molar-refractivity contribution is 6.36. The van der Waals surface area contributed by atoms with Gasteiger partial charge >= 0.3 is 11.4 Å². The quantitative estimate of drug-likeness (QED) is 0.156. The molecule has 4 aromatic rings. The number of nitro groups is 2. The fraction of sp³-hybridized carbons (Fsp3) is 0.0909. The Labute approximate surface area is 219 Å². The molecular weight excluding hydrogens is 533 g/mol. The van der Waals surface area contributed by atoms with Crippen molar-refractivity contribution < 1.29 is 9.85 Å². The number of halogens is 3. The first kappa shape index (κ1) is 26.7. The molecule has 0 unspecified atom stereocenters. The molecule has 0 atom stereocenters. The van der Waals surface area contributed by atoms with Crippen LogP contribution in [0.1, 0.15) is 11.1 Å². The molecular formula is C22H16Cl3N7O4. The van der Waals surface area contributed by atoms with Crippen LogP contribution >= 0.6 is 34.8 Å². The highest BCUT2D eigenvalue weighted by atomic mass is 35.5. The Balaban J connectivity index is 0.000000275. The maximum Gasteiger partial charge on any atom is 0.348 e. The molecule has 2 aromatic carbocycles. The van der Waals surface area contributed by atoms with Crippen molar-refractivity contribution in [1.82, 2.24) is 19.9 Å². The van der Waals surface area contributed by atoms with Crippen LogP contribution in [0.5, 0.6) is 0 Å². The fourth-order valence-corrected chi connectivity index (χ4v) is 3.69. The lowest BCUT2D eigenvalue weighted by Gasteiger charge is -2.23. The predicted octanol–water partition coefficient (Wildman–Crippen LogP) is 5.94. The van der Waals surface area contributed by atoms with E-state index in [4.69, 9.17) is 34.8 Å². The van der Waals surface area contributed by atoms with Gasteiger partial charge in [-0.1, -0.05) is 95.5 Å².